The highest BCUT2D eigenvalue weighted by Gasteiger charge is 2.22. The molecule has 1 aliphatic heterocycles. The van der Waals surface area contributed by atoms with E-state index in [2.05, 4.69) is 15.0 Å². The number of aromatic nitrogens is 2. The van der Waals surface area contributed by atoms with Gasteiger partial charge in [0.2, 0.25) is 10.0 Å². The zero-order chi connectivity index (χ0) is 19.4. The predicted molar refractivity (Wildman–Crippen MR) is 106 cm³/mol. The van der Waals surface area contributed by atoms with Gasteiger partial charge in [0, 0.05) is 44.3 Å². The van der Waals surface area contributed by atoms with E-state index in [-0.39, 0.29) is 10.9 Å². The second kappa shape index (κ2) is 8.40. The Morgan fingerprint density at radius 1 is 1.11 bits per heavy atom. The van der Waals surface area contributed by atoms with Crippen LogP contribution in [0.4, 0.5) is 0 Å². The Morgan fingerprint density at radius 3 is 2.68 bits per heavy atom. The molecule has 1 fully saturated rings. The largest absolute Gasteiger partial charge is 0.380 e. The quantitative estimate of drug-likeness (QED) is 0.634. The lowest BCUT2D eigenvalue weighted by Crippen LogP contribution is -2.40. The average molecular weight is 401 g/mol. The van der Waals surface area contributed by atoms with Crippen molar-refractivity contribution in [3.8, 4) is 0 Å². The number of ether oxygens (including phenoxy) is 1. The summed E-state index contributed by atoms with van der Waals surface area (Å²) in [6.45, 7) is 2.52. The molecule has 1 atom stereocenters. The maximum absolute atomic E-state index is 12.5. The first-order chi connectivity index (χ1) is 13.6. The summed E-state index contributed by atoms with van der Waals surface area (Å²) in [5.41, 5.74) is 3.11. The molecular formula is C20H24N4O3S. The SMILES string of the molecule is O=S(=O)(NC1CCCOC1)c1ccc(CNCc2ccc3nccn3c2)cc1. The third kappa shape index (κ3) is 4.59. The normalized spacial score (nSPS) is 17.8. The molecule has 0 radical (unpaired) electrons. The van der Waals surface area contributed by atoms with Gasteiger partial charge >= 0.3 is 0 Å². The van der Waals surface area contributed by atoms with Gasteiger partial charge < -0.3 is 14.5 Å². The molecule has 8 heteroatoms. The van der Waals surface area contributed by atoms with Crippen LogP contribution in [0.25, 0.3) is 5.65 Å². The van der Waals surface area contributed by atoms with Crippen LogP contribution in [0.1, 0.15) is 24.0 Å². The van der Waals surface area contributed by atoms with Gasteiger partial charge in [0.1, 0.15) is 5.65 Å². The molecule has 148 valence electrons. The molecule has 1 aliphatic rings. The maximum atomic E-state index is 12.5. The Bertz CT molecular complexity index is 1030. The van der Waals surface area contributed by atoms with E-state index in [1.54, 1.807) is 18.3 Å². The number of sulfonamides is 1. The molecule has 0 amide bonds. The van der Waals surface area contributed by atoms with Crippen molar-refractivity contribution in [1.29, 1.82) is 0 Å². The number of hydrogen-bond acceptors (Lipinski definition) is 5. The molecule has 1 unspecified atom stereocenters. The number of benzene rings is 1. The Labute approximate surface area is 164 Å². The highest BCUT2D eigenvalue weighted by molar-refractivity contribution is 7.89. The zero-order valence-corrected chi connectivity index (χ0v) is 16.4. The predicted octanol–water partition coefficient (Wildman–Crippen LogP) is 2.08. The van der Waals surface area contributed by atoms with Gasteiger partial charge in [-0.1, -0.05) is 18.2 Å². The summed E-state index contributed by atoms with van der Waals surface area (Å²) in [5.74, 6) is 0. The van der Waals surface area contributed by atoms with Crippen molar-refractivity contribution in [3.63, 3.8) is 0 Å². The topological polar surface area (TPSA) is 84.7 Å². The standard InChI is InChI=1S/C20H24N4O3S/c25-28(26,23-18-2-1-11-27-15-18)19-6-3-16(4-7-19)12-21-13-17-5-8-20-22-9-10-24(20)14-17/h3-10,14,18,21,23H,1-2,11-13,15H2. The summed E-state index contributed by atoms with van der Waals surface area (Å²) in [6.07, 6.45) is 7.44. The van der Waals surface area contributed by atoms with Gasteiger partial charge in [0.15, 0.2) is 0 Å². The Hall–Kier alpha value is -2.26. The van der Waals surface area contributed by atoms with Crippen LogP contribution in [0.3, 0.4) is 0 Å². The maximum Gasteiger partial charge on any atom is 0.240 e. The number of imidazole rings is 1. The molecule has 3 heterocycles. The molecule has 3 aromatic rings. The fourth-order valence-electron chi connectivity index (χ4n) is 3.33. The number of fused-ring (bicyclic) bond motifs is 1. The van der Waals surface area contributed by atoms with Crippen LogP contribution in [-0.4, -0.2) is 37.1 Å². The summed E-state index contributed by atoms with van der Waals surface area (Å²) >= 11 is 0. The van der Waals surface area contributed by atoms with Crippen LogP contribution in [0.5, 0.6) is 0 Å². The lowest BCUT2D eigenvalue weighted by molar-refractivity contribution is 0.0774. The van der Waals surface area contributed by atoms with Crippen LogP contribution >= 0.6 is 0 Å². The summed E-state index contributed by atoms with van der Waals surface area (Å²) in [6, 6.07) is 10.9. The van der Waals surface area contributed by atoms with Crippen molar-refractivity contribution in [2.75, 3.05) is 13.2 Å². The number of rotatable bonds is 7. The van der Waals surface area contributed by atoms with Crippen LogP contribution in [-0.2, 0) is 27.8 Å². The molecule has 1 saturated heterocycles. The van der Waals surface area contributed by atoms with Crippen molar-refractivity contribution in [3.05, 3.63) is 66.1 Å². The summed E-state index contributed by atoms with van der Waals surface area (Å²) < 4.78 is 35.1. The van der Waals surface area contributed by atoms with E-state index in [4.69, 9.17) is 4.74 Å². The molecule has 4 rings (SSSR count). The first kappa shape index (κ1) is 19.1. The van der Waals surface area contributed by atoms with Gasteiger partial charge in [-0.2, -0.15) is 0 Å². The molecule has 0 spiro atoms. The first-order valence-corrected chi connectivity index (χ1v) is 10.9. The second-order valence-electron chi connectivity index (χ2n) is 7.01. The van der Waals surface area contributed by atoms with Gasteiger partial charge in [0.25, 0.3) is 0 Å². The molecule has 0 aliphatic carbocycles. The highest BCUT2D eigenvalue weighted by Crippen LogP contribution is 2.14. The fraction of sp³-hybridized carbons (Fsp3) is 0.350. The van der Waals surface area contributed by atoms with Gasteiger partial charge in [0.05, 0.1) is 11.5 Å². The highest BCUT2D eigenvalue weighted by atomic mass is 32.2. The fourth-order valence-corrected chi connectivity index (χ4v) is 4.58. The van der Waals surface area contributed by atoms with Crippen LogP contribution in [0.2, 0.25) is 0 Å². The number of hydrogen-bond donors (Lipinski definition) is 2. The second-order valence-corrected chi connectivity index (χ2v) is 8.73. The van der Waals surface area contributed by atoms with Crippen molar-refractivity contribution in [2.24, 2.45) is 0 Å². The summed E-state index contributed by atoms with van der Waals surface area (Å²) in [7, 11) is -3.51. The van der Waals surface area contributed by atoms with Gasteiger partial charge in [-0.3, -0.25) is 0 Å². The average Bonchev–Trinajstić information content (AvgIpc) is 3.17. The van der Waals surface area contributed by atoms with Crippen LogP contribution in [0.15, 0.2) is 59.9 Å². The summed E-state index contributed by atoms with van der Waals surface area (Å²) in [5, 5.41) is 3.38. The molecule has 2 N–H and O–H groups in total. The minimum Gasteiger partial charge on any atom is -0.380 e. The minimum absolute atomic E-state index is 0.145. The minimum atomic E-state index is -3.51. The van der Waals surface area contributed by atoms with E-state index in [9.17, 15) is 8.42 Å². The number of pyridine rings is 1. The van der Waals surface area contributed by atoms with E-state index >= 15 is 0 Å². The molecule has 0 saturated carbocycles. The van der Waals surface area contributed by atoms with E-state index in [0.29, 0.717) is 19.8 Å². The van der Waals surface area contributed by atoms with Gasteiger partial charge in [-0.15, -0.1) is 0 Å². The molecule has 7 nitrogen and oxygen atoms in total. The smallest absolute Gasteiger partial charge is 0.240 e. The third-order valence-electron chi connectivity index (χ3n) is 4.82. The number of nitrogens with one attached hydrogen (secondary N) is 2. The van der Waals surface area contributed by atoms with Crippen molar-refractivity contribution >= 4 is 15.7 Å². The Morgan fingerprint density at radius 2 is 1.89 bits per heavy atom. The van der Waals surface area contributed by atoms with Crippen LogP contribution in [0, 0.1) is 0 Å². The van der Waals surface area contributed by atoms with E-state index < -0.39 is 10.0 Å². The number of nitrogens with zero attached hydrogens (tertiary/aromatic N) is 2. The zero-order valence-electron chi connectivity index (χ0n) is 15.5. The van der Waals surface area contributed by atoms with Crippen molar-refractivity contribution < 1.29 is 13.2 Å². The molecule has 28 heavy (non-hydrogen) atoms. The van der Waals surface area contributed by atoms with Gasteiger partial charge in [-0.25, -0.2) is 18.1 Å². The molecule has 2 aromatic heterocycles. The Balaban J connectivity index is 1.32. The monoisotopic (exact) mass is 400 g/mol. The van der Waals surface area contributed by atoms with Crippen molar-refractivity contribution in [2.45, 2.75) is 36.9 Å². The Kier molecular flexibility index (Phi) is 5.72. The molecule has 0 bridgehead atoms. The third-order valence-corrected chi connectivity index (χ3v) is 6.36. The molecule has 1 aromatic carbocycles. The lowest BCUT2D eigenvalue weighted by atomic mass is 10.1. The van der Waals surface area contributed by atoms with E-state index in [1.807, 2.05) is 41.1 Å². The van der Waals surface area contributed by atoms with E-state index in [1.165, 1.54) is 0 Å². The first-order valence-electron chi connectivity index (χ1n) is 9.41. The molecular weight excluding hydrogens is 376 g/mol. The summed E-state index contributed by atoms with van der Waals surface area (Å²) in [4.78, 5) is 4.52. The van der Waals surface area contributed by atoms with E-state index in [0.717, 1.165) is 36.2 Å². The lowest BCUT2D eigenvalue weighted by Gasteiger charge is -2.23. The van der Waals surface area contributed by atoms with Crippen molar-refractivity contribution in [1.82, 2.24) is 19.4 Å². The van der Waals surface area contributed by atoms with Crippen LogP contribution < -0.4 is 10.0 Å². The van der Waals surface area contributed by atoms with Gasteiger partial charge in [-0.05, 0) is 42.2 Å².